The molecule has 0 spiro atoms. The molecule has 3 N–H and O–H groups in total. The van der Waals surface area contributed by atoms with Crippen LogP contribution >= 0.6 is 0 Å². The molecule has 1 heterocycles. The highest BCUT2D eigenvalue weighted by molar-refractivity contribution is 5.93. The predicted octanol–water partition coefficient (Wildman–Crippen LogP) is 3.01. The molecule has 7 heteroatoms. The van der Waals surface area contributed by atoms with Gasteiger partial charge in [0.15, 0.2) is 0 Å². The Kier molecular flexibility index (Phi) is 8.14. The van der Waals surface area contributed by atoms with E-state index in [0.717, 1.165) is 18.1 Å². The van der Waals surface area contributed by atoms with Gasteiger partial charge < -0.3 is 20.5 Å². The first-order chi connectivity index (χ1) is 14.9. The highest BCUT2D eigenvalue weighted by Crippen LogP contribution is 2.15. The number of aliphatic hydroxyl groups is 1. The van der Waals surface area contributed by atoms with Gasteiger partial charge in [-0.2, -0.15) is 0 Å². The fourth-order valence-corrected chi connectivity index (χ4v) is 3.55. The number of amides is 1. The highest BCUT2D eigenvalue weighted by Gasteiger charge is 2.25. The molecule has 0 fully saturated rings. The SMILES string of the molecule is CCc1cccc(CNC[C@@H](O)[C@H](Cc2cc(F)cc(F)c2)NC(=O)C2=COCC2)c1. The van der Waals surface area contributed by atoms with Crippen molar-refractivity contribution in [3.8, 4) is 0 Å². The van der Waals surface area contributed by atoms with Gasteiger partial charge in [-0.1, -0.05) is 31.2 Å². The van der Waals surface area contributed by atoms with Gasteiger partial charge in [-0.25, -0.2) is 8.78 Å². The van der Waals surface area contributed by atoms with Gasteiger partial charge in [0.1, 0.15) is 11.6 Å². The molecule has 2 aromatic rings. The Morgan fingerprint density at radius 2 is 1.87 bits per heavy atom. The molecule has 0 radical (unpaired) electrons. The van der Waals surface area contributed by atoms with Gasteiger partial charge >= 0.3 is 0 Å². The van der Waals surface area contributed by atoms with Crippen molar-refractivity contribution in [1.82, 2.24) is 10.6 Å². The van der Waals surface area contributed by atoms with E-state index in [0.29, 0.717) is 30.7 Å². The van der Waals surface area contributed by atoms with Gasteiger partial charge in [-0.15, -0.1) is 0 Å². The molecule has 1 amide bonds. The molecule has 0 saturated carbocycles. The molecule has 0 aromatic heterocycles. The second kappa shape index (κ2) is 11.0. The lowest BCUT2D eigenvalue weighted by Gasteiger charge is -2.25. The maximum Gasteiger partial charge on any atom is 0.250 e. The Labute approximate surface area is 181 Å². The zero-order chi connectivity index (χ0) is 22.2. The lowest BCUT2D eigenvalue weighted by atomic mass is 10.00. The summed E-state index contributed by atoms with van der Waals surface area (Å²) < 4.78 is 32.3. The zero-order valence-electron chi connectivity index (χ0n) is 17.5. The third-order valence-electron chi connectivity index (χ3n) is 5.25. The first-order valence-electron chi connectivity index (χ1n) is 10.5. The monoisotopic (exact) mass is 430 g/mol. The minimum Gasteiger partial charge on any atom is -0.500 e. The Bertz CT molecular complexity index is 913. The van der Waals surface area contributed by atoms with E-state index in [1.165, 1.54) is 24.0 Å². The Morgan fingerprint density at radius 1 is 1.13 bits per heavy atom. The molecular formula is C24H28F2N2O3. The maximum atomic E-state index is 13.6. The molecule has 166 valence electrons. The van der Waals surface area contributed by atoms with E-state index < -0.39 is 23.8 Å². The molecule has 1 aliphatic heterocycles. The average molecular weight is 430 g/mol. The van der Waals surface area contributed by atoms with Crippen molar-refractivity contribution in [2.24, 2.45) is 0 Å². The number of rotatable bonds is 10. The predicted molar refractivity (Wildman–Crippen MR) is 114 cm³/mol. The normalized spacial score (nSPS) is 15.2. The van der Waals surface area contributed by atoms with Crippen LogP contribution in [0.15, 0.2) is 54.3 Å². The minimum absolute atomic E-state index is 0.0860. The molecule has 0 bridgehead atoms. The van der Waals surface area contributed by atoms with Crippen LogP contribution in [0.2, 0.25) is 0 Å². The van der Waals surface area contributed by atoms with Crippen molar-refractivity contribution in [2.75, 3.05) is 13.2 Å². The second-order valence-corrected chi connectivity index (χ2v) is 7.70. The van der Waals surface area contributed by atoms with Crippen molar-refractivity contribution in [1.29, 1.82) is 0 Å². The number of hydrogen-bond acceptors (Lipinski definition) is 4. The summed E-state index contributed by atoms with van der Waals surface area (Å²) >= 11 is 0. The van der Waals surface area contributed by atoms with Crippen LogP contribution in [-0.2, 0) is 28.9 Å². The van der Waals surface area contributed by atoms with Crippen molar-refractivity contribution in [2.45, 2.75) is 44.9 Å². The van der Waals surface area contributed by atoms with Gasteiger partial charge in [0.2, 0.25) is 0 Å². The molecule has 0 unspecified atom stereocenters. The largest absolute Gasteiger partial charge is 0.500 e. The standard InChI is InChI=1S/C24H28F2N2O3/c1-2-16-4-3-5-17(8-16)13-27-14-23(29)22(28-24(30)19-6-7-31-15-19)11-18-9-20(25)12-21(26)10-18/h3-5,8-10,12,15,22-23,27,29H,2,6-7,11,13-14H2,1H3,(H,28,30)/t22-,23+/m0/s1. The van der Waals surface area contributed by atoms with Gasteiger partial charge in [0.25, 0.3) is 5.91 Å². The third kappa shape index (κ3) is 6.87. The lowest BCUT2D eigenvalue weighted by Crippen LogP contribution is -2.49. The maximum absolute atomic E-state index is 13.6. The summed E-state index contributed by atoms with van der Waals surface area (Å²) in [6.07, 6.45) is 1.94. The van der Waals surface area contributed by atoms with E-state index in [4.69, 9.17) is 4.74 Å². The van der Waals surface area contributed by atoms with Crippen LogP contribution in [0.25, 0.3) is 0 Å². The summed E-state index contributed by atoms with van der Waals surface area (Å²) in [6.45, 7) is 3.28. The highest BCUT2D eigenvalue weighted by atomic mass is 19.1. The van der Waals surface area contributed by atoms with E-state index in [2.05, 4.69) is 29.7 Å². The summed E-state index contributed by atoms with van der Waals surface area (Å²) in [5.74, 6) is -1.75. The Balaban J connectivity index is 1.65. The second-order valence-electron chi connectivity index (χ2n) is 7.70. The first-order valence-corrected chi connectivity index (χ1v) is 10.5. The molecule has 0 aliphatic carbocycles. The van der Waals surface area contributed by atoms with Crippen LogP contribution in [0.3, 0.4) is 0 Å². The zero-order valence-corrected chi connectivity index (χ0v) is 17.5. The number of benzene rings is 2. The van der Waals surface area contributed by atoms with Gasteiger partial charge in [0.05, 0.1) is 30.6 Å². The van der Waals surface area contributed by atoms with E-state index in [1.54, 1.807) is 0 Å². The van der Waals surface area contributed by atoms with Crippen molar-refractivity contribution < 1.29 is 23.4 Å². The van der Waals surface area contributed by atoms with E-state index in [9.17, 15) is 18.7 Å². The number of aliphatic hydroxyl groups excluding tert-OH is 1. The van der Waals surface area contributed by atoms with Crippen LogP contribution in [0, 0.1) is 11.6 Å². The molecule has 5 nitrogen and oxygen atoms in total. The van der Waals surface area contributed by atoms with Crippen molar-refractivity contribution in [3.63, 3.8) is 0 Å². The van der Waals surface area contributed by atoms with Crippen LogP contribution in [0.4, 0.5) is 8.78 Å². The number of ether oxygens (including phenoxy) is 1. The quantitative estimate of drug-likeness (QED) is 0.542. The van der Waals surface area contributed by atoms with Crippen LogP contribution < -0.4 is 10.6 Å². The topological polar surface area (TPSA) is 70.6 Å². The number of aryl methyl sites for hydroxylation is 1. The van der Waals surface area contributed by atoms with Crippen molar-refractivity contribution >= 4 is 5.91 Å². The fraction of sp³-hybridized carbons (Fsp3) is 0.375. The minimum atomic E-state index is -0.965. The Morgan fingerprint density at radius 3 is 2.55 bits per heavy atom. The summed E-state index contributed by atoms with van der Waals surface area (Å²) in [5.41, 5.74) is 3.15. The molecule has 0 saturated heterocycles. The summed E-state index contributed by atoms with van der Waals surface area (Å²) in [4.78, 5) is 12.5. The smallest absolute Gasteiger partial charge is 0.250 e. The molecule has 2 atom stereocenters. The molecule has 31 heavy (non-hydrogen) atoms. The van der Waals surface area contributed by atoms with Gasteiger partial charge in [-0.05, 0) is 41.7 Å². The van der Waals surface area contributed by atoms with E-state index >= 15 is 0 Å². The van der Waals surface area contributed by atoms with E-state index in [1.807, 2.05) is 12.1 Å². The van der Waals surface area contributed by atoms with Crippen molar-refractivity contribution in [3.05, 3.63) is 82.6 Å². The summed E-state index contributed by atoms with van der Waals surface area (Å²) in [5, 5.41) is 16.8. The molecule has 3 rings (SSSR count). The summed E-state index contributed by atoms with van der Waals surface area (Å²) in [6, 6.07) is 10.6. The number of carbonyl (C=O) groups excluding carboxylic acids is 1. The molecule has 1 aliphatic rings. The van der Waals surface area contributed by atoms with E-state index in [-0.39, 0.29) is 18.9 Å². The average Bonchev–Trinajstić information content (AvgIpc) is 3.28. The summed E-state index contributed by atoms with van der Waals surface area (Å²) in [7, 11) is 0. The van der Waals surface area contributed by atoms with Crippen LogP contribution in [-0.4, -0.2) is 36.3 Å². The Hall–Kier alpha value is -2.77. The fourth-order valence-electron chi connectivity index (χ4n) is 3.55. The lowest BCUT2D eigenvalue weighted by molar-refractivity contribution is -0.119. The molecule has 2 aromatic carbocycles. The first kappa shape index (κ1) is 22.9. The number of hydrogen-bond donors (Lipinski definition) is 3. The number of halogens is 2. The third-order valence-corrected chi connectivity index (χ3v) is 5.25. The number of nitrogens with one attached hydrogen (secondary N) is 2. The molecular weight excluding hydrogens is 402 g/mol. The van der Waals surface area contributed by atoms with Crippen LogP contribution in [0.1, 0.15) is 30.0 Å². The van der Waals surface area contributed by atoms with Gasteiger partial charge in [-0.3, -0.25) is 4.79 Å². The van der Waals surface area contributed by atoms with Gasteiger partial charge in [0, 0.05) is 25.6 Å². The van der Waals surface area contributed by atoms with Crippen LogP contribution in [0.5, 0.6) is 0 Å². The number of carbonyl (C=O) groups is 1.